The summed E-state index contributed by atoms with van der Waals surface area (Å²) < 4.78 is 8.53. The fraction of sp³-hybridized carbons (Fsp3) is 0.360. The SMILES string of the molecule is CCC1CCC(c2ccc(-c3nc(SNc4ccc(C(=O)O)cc4OC)cs3)cc2)CC1. The number of carboxylic acids is 1. The Labute approximate surface area is 197 Å². The second-order valence-corrected chi connectivity index (χ2v) is 9.85. The summed E-state index contributed by atoms with van der Waals surface area (Å²) in [6.07, 6.45) is 6.63. The summed E-state index contributed by atoms with van der Waals surface area (Å²) in [7, 11) is 1.52. The Hall–Kier alpha value is -2.51. The molecule has 1 aliphatic carbocycles. The van der Waals surface area contributed by atoms with Gasteiger partial charge in [-0.25, -0.2) is 9.78 Å². The maximum absolute atomic E-state index is 11.1. The first-order valence-corrected chi connectivity index (χ1v) is 12.7. The van der Waals surface area contributed by atoms with Gasteiger partial charge >= 0.3 is 5.97 Å². The molecular formula is C25H28N2O3S2. The van der Waals surface area contributed by atoms with Crippen LogP contribution in [0.5, 0.6) is 5.75 Å². The van der Waals surface area contributed by atoms with Crippen LogP contribution in [0.3, 0.4) is 0 Å². The minimum Gasteiger partial charge on any atom is -0.495 e. The molecule has 1 fully saturated rings. The van der Waals surface area contributed by atoms with E-state index in [9.17, 15) is 4.79 Å². The number of nitrogens with one attached hydrogen (secondary N) is 1. The monoisotopic (exact) mass is 468 g/mol. The molecule has 0 saturated heterocycles. The van der Waals surface area contributed by atoms with E-state index >= 15 is 0 Å². The maximum atomic E-state index is 11.1. The van der Waals surface area contributed by atoms with Crippen LogP contribution in [0, 0.1) is 5.92 Å². The highest BCUT2D eigenvalue weighted by molar-refractivity contribution is 8.00. The Balaban J connectivity index is 1.38. The van der Waals surface area contributed by atoms with Gasteiger partial charge in [0.2, 0.25) is 0 Å². The van der Waals surface area contributed by atoms with Gasteiger partial charge in [0.05, 0.1) is 18.4 Å². The van der Waals surface area contributed by atoms with E-state index in [1.165, 1.54) is 62.8 Å². The number of benzene rings is 2. The lowest BCUT2D eigenvalue weighted by Crippen LogP contribution is -2.12. The highest BCUT2D eigenvalue weighted by Crippen LogP contribution is 2.38. The number of carboxylic acid groups (broad SMARTS) is 1. The van der Waals surface area contributed by atoms with Gasteiger partial charge in [0.15, 0.2) is 0 Å². The van der Waals surface area contributed by atoms with E-state index in [2.05, 4.69) is 35.9 Å². The molecule has 1 aliphatic rings. The molecule has 1 saturated carbocycles. The highest BCUT2D eigenvalue weighted by atomic mass is 32.2. The minimum atomic E-state index is -0.980. The number of carbonyl (C=O) groups is 1. The van der Waals surface area contributed by atoms with Crippen molar-refractivity contribution in [1.82, 2.24) is 4.98 Å². The molecule has 2 aromatic carbocycles. The number of hydrogen-bond donors (Lipinski definition) is 2. The van der Waals surface area contributed by atoms with Gasteiger partial charge in [-0.3, -0.25) is 0 Å². The summed E-state index contributed by atoms with van der Waals surface area (Å²) in [5.74, 6) is 1.11. The number of hydrogen-bond acceptors (Lipinski definition) is 6. The molecule has 0 unspecified atom stereocenters. The Bertz CT molecular complexity index is 1060. The summed E-state index contributed by atoms with van der Waals surface area (Å²) in [6, 6.07) is 13.7. The summed E-state index contributed by atoms with van der Waals surface area (Å²) in [6.45, 7) is 2.31. The van der Waals surface area contributed by atoms with Crippen LogP contribution in [0.2, 0.25) is 0 Å². The lowest BCUT2D eigenvalue weighted by atomic mass is 9.78. The standard InChI is InChI=1S/C25H28N2O3S2/c1-3-16-4-6-17(7-5-16)18-8-10-19(11-9-18)24-26-23(15-31-24)32-27-21-13-12-20(25(28)29)14-22(21)30-2/h8-17,27H,3-7H2,1-2H3,(H,28,29). The Morgan fingerprint density at radius 1 is 1.19 bits per heavy atom. The first-order chi connectivity index (χ1) is 15.6. The van der Waals surface area contributed by atoms with E-state index in [0.717, 1.165) is 21.5 Å². The number of ether oxygens (including phenoxy) is 1. The molecule has 32 heavy (non-hydrogen) atoms. The first kappa shape index (κ1) is 22.7. The van der Waals surface area contributed by atoms with E-state index in [4.69, 9.17) is 14.8 Å². The van der Waals surface area contributed by atoms with Gasteiger partial charge in [-0.1, -0.05) is 37.6 Å². The van der Waals surface area contributed by atoms with E-state index in [-0.39, 0.29) is 5.56 Å². The molecule has 0 aliphatic heterocycles. The van der Waals surface area contributed by atoms with Crippen molar-refractivity contribution < 1.29 is 14.6 Å². The zero-order valence-corrected chi connectivity index (χ0v) is 20.0. The minimum absolute atomic E-state index is 0.190. The zero-order valence-electron chi connectivity index (χ0n) is 18.3. The van der Waals surface area contributed by atoms with E-state index in [1.807, 2.05) is 5.38 Å². The third kappa shape index (κ3) is 5.27. The zero-order chi connectivity index (χ0) is 22.5. The van der Waals surface area contributed by atoms with Crippen molar-refractivity contribution in [3.8, 4) is 16.3 Å². The molecule has 1 heterocycles. The summed E-state index contributed by atoms with van der Waals surface area (Å²) in [5.41, 5.74) is 3.48. The summed E-state index contributed by atoms with van der Waals surface area (Å²) in [5, 5.41) is 13.0. The predicted octanol–water partition coefficient (Wildman–Crippen LogP) is 7.32. The smallest absolute Gasteiger partial charge is 0.335 e. The molecule has 0 amide bonds. The highest BCUT2D eigenvalue weighted by Gasteiger charge is 2.21. The Kier molecular flexibility index (Phi) is 7.37. The number of nitrogens with zero attached hydrogens (tertiary/aromatic N) is 1. The van der Waals surface area contributed by atoms with Crippen molar-refractivity contribution in [1.29, 1.82) is 0 Å². The molecule has 0 bridgehead atoms. The normalized spacial score (nSPS) is 18.3. The van der Waals surface area contributed by atoms with Gasteiger partial charge in [0, 0.05) is 22.9 Å². The Morgan fingerprint density at radius 2 is 1.94 bits per heavy atom. The van der Waals surface area contributed by atoms with Crippen molar-refractivity contribution in [2.45, 2.75) is 50.0 Å². The van der Waals surface area contributed by atoms with Crippen LogP contribution in [-0.4, -0.2) is 23.2 Å². The molecular weight excluding hydrogens is 440 g/mol. The molecule has 0 spiro atoms. The van der Waals surface area contributed by atoms with E-state index in [1.54, 1.807) is 23.5 Å². The first-order valence-electron chi connectivity index (χ1n) is 11.0. The molecule has 2 N–H and O–H groups in total. The van der Waals surface area contributed by atoms with Crippen LogP contribution in [0.25, 0.3) is 10.6 Å². The molecule has 5 nitrogen and oxygen atoms in total. The lowest BCUT2D eigenvalue weighted by Gasteiger charge is -2.28. The molecule has 3 aromatic rings. The fourth-order valence-electron chi connectivity index (χ4n) is 4.26. The molecule has 0 atom stereocenters. The Morgan fingerprint density at radius 3 is 2.59 bits per heavy atom. The molecule has 168 valence electrons. The number of rotatable bonds is 8. The van der Waals surface area contributed by atoms with Crippen molar-refractivity contribution in [2.24, 2.45) is 5.92 Å². The third-order valence-corrected chi connectivity index (χ3v) is 8.03. The average Bonchev–Trinajstić information content (AvgIpc) is 3.32. The average molecular weight is 469 g/mol. The number of methoxy groups -OCH3 is 1. The van der Waals surface area contributed by atoms with Crippen molar-refractivity contribution in [3.05, 3.63) is 59.0 Å². The number of aromatic carboxylic acids is 1. The van der Waals surface area contributed by atoms with Gasteiger partial charge in [-0.2, -0.15) is 0 Å². The molecule has 7 heteroatoms. The van der Waals surface area contributed by atoms with Gasteiger partial charge < -0.3 is 14.6 Å². The van der Waals surface area contributed by atoms with Crippen molar-refractivity contribution in [3.63, 3.8) is 0 Å². The van der Waals surface area contributed by atoms with Crippen molar-refractivity contribution >= 4 is 34.9 Å². The largest absolute Gasteiger partial charge is 0.495 e. The second kappa shape index (κ2) is 10.4. The van der Waals surface area contributed by atoms with E-state index < -0.39 is 5.97 Å². The summed E-state index contributed by atoms with van der Waals surface area (Å²) in [4.78, 5) is 15.9. The molecule has 0 radical (unpaired) electrons. The van der Waals surface area contributed by atoms with Gasteiger partial charge in [0.1, 0.15) is 15.8 Å². The van der Waals surface area contributed by atoms with Crippen LogP contribution in [-0.2, 0) is 0 Å². The summed E-state index contributed by atoms with van der Waals surface area (Å²) >= 11 is 3.00. The molecule has 1 aromatic heterocycles. The van der Waals surface area contributed by atoms with Gasteiger partial charge in [-0.15, -0.1) is 11.3 Å². The lowest BCUT2D eigenvalue weighted by molar-refractivity contribution is 0.0696. The van der Waals surface area contributed by atoms with Crippen LogP contribution in [0.1, 0.15) is 60.9 Å². The number of thiazole rings is 1. The van der Waals surface area contributed by atoms with Crippen LogP contribution in [0.15, 0.2) is 52.9 Å². The third-order valence-electron chi connectivity index (χ3n) is 6.25. The van der Waals surface area contributed by atoms with Crippen LogP contribution in [0.4, 0.5) is 5.69 Å². The van der Waals surface area contributed by atoms with Crippen LogP contribution < -0.4 is 9.46 Å². The van der Waals surface area contributed by atoms with Gasteiger partial charge in [0.25, 0.3) is 0 Å². The van der Waals surface area contributed by atoms with E-state index in [0.29, 0.717) is 17.4 Å². The topological polar surface area (TPSA) is 71.5 Å². The predicted molar refractivity (Wildman–Crippen MR) is 132 cm³/mol. The van der Waals surface area contributed by atoms with Crippen molar-refractivity contribution in [2.75, 3.05) is 11.8 Å². The number of anilines is 1. The second-order valence-electron chi connectivity index (χ2n) is 8.16. The van der Waals surface area contributed by atoms with Crippen LogP contribution >= 0.6 is 23.3 Å². The number of aromatic nitrogens is 1. The quantitative estimate of drug-likeness (QED) is 0.338. The van der Waals surface area contributed by atoms with Gasteiger partial charge in [-0.05, 0) is 61.3 Å². The fourth-order valence-corrected chi connectivity index (χ4v) is 5.86. The molecule has 4 rings (SSSR count). The maximum Gasteiger partial charge on any atom is 0.335 e.